The summed E-state index contributed by atoms with van der Waals surface area (Å²) in [5, 5.41) is 0. The average Bonchev–Trinajstić information content (AvgIpc) is 3.10. The Balaban J connectivity index is 1.64. The van der Waals surface area contributed by atoms with Crippen molar-refractivity contribution in [2.45, 2.75) is 142 Å². The summed E-state index contributed by atoms with van der Waals surface area (Å²) >= 11 is 0. The van der Waals surface area contributed by atoms with Gasteiger partial charge in [0.05, 0.1) is 33.4 Å². The SMILES string of the molecule is CC(C)[Si](CC1=C(O[C@H]2OC[C@H]3CC[C@]2(C)C3(C)C)C(=O)[C@]2(N3CCOCC3)CCCCC[C@H]12)(C(C)C)C(C)C. The number of ether oxygens (including phenoxy) is 3. The molecule has 2 heterocycles. The first-order valence-electron chi connectivity index (χ1n) is 16.7. The Morgan fingerprint density at radius 2 is 1.57 bits per heavy atom. The van der Waals surface area contributed by atoms with E-state index in [1.165, 1.54) is 24.8 Å². The Morgan fingerprint density at radius 1 is 0.925 bits per heavy atom. The third-order valence-corrected chi connectivity index (χ3v) is 20.9. The fraction of sp³-hybridized carbons (Fsp3) is 0.912. The van der Waals surface area contributed by atoms with E-state index in [1.54, 1.807) is 0 Å². The van der Waals surface area contributed by atoms with Crippen molar-refractivity contribution in [1.82, 2.24) is 4.90 Å². The molecule has 5 nitrogen and oxygen atoms in total. The van der Waals surface area contributed by atoms with E-state index in [0.717, 1.165) is 70.4 Å². The molecule has 5 aliphatic rings. The van der Waals surface area contributed by atoms with Crippen LogP contribution in [0.2, 0.25) is 22.7 Å². The predicted molar refractivity (Wildman–Crippen MR) is 165 cm³/mol. The molecule has 5 atom stereocenters. The Hall–Kier alpha value is -0.693. The van der Waals surface area contributed by atoms with Crippen LogP contribution in [0, 0.1) is 22.7 Å². The lowest BCUT2D eigenvalue weighted by molar-refractivity contribution is -0.248. The van der Waals surface area contributed by atoms with Crippen LogP contribution >= 0.6 is 0 Å². The molecule has 0 aromatic rings. The van der Waals surface area contributed by atoms with E-state index in [0.29, 0.717) is 22.5 Å². The molecule has 5 rings (SSSR count). The fourth-order valence-corrected chi connectivity index (χ4v) is 16.6. The molecule has 0 radical (unpaired) electrons. The van der Waals surface area contributed by atoms with Crippen LogP contribution in [0.5, 0.6) is 0 Å². The van der Waals surface area contributed by atoms with E-state index in [4.69, 9.17) is 14.2 Å². The van der Waals surface area contributed by atoms with E-state index >= 15 is 4.79 Å². The first-order valence-corrected chi connectivity index (χ1v) is 19.2. The van der Waals surface area contributed by atoms with Crippen LogP contribution in [0.25, 0.3) is 0 Å². The monoisotopic (exact) mass is 573 g/mol. The lowest BCUT2D eigenvalue weighted by Gasteiger charge is -2.50. The molecule has 0 aromatic carbocycles. The maximum Gasteiger partial charge on any atom is 0.218 e. The van der Waals surface area contributed by atoms with Crippen molar-refractivity contribution in [2.24, 2.45) is 22.7 Å². The molecule has 0 aromatic heterocycles. The van der Waals surface area contributed by atoms with Gasteiger partial charge < -0.3 is 14.2 Å². The normalized spacial score (nSPS) is 37.0. The van der Waals surface area contributed by atoms with E-state index < -0.39 is 13.6 Å². The summed E-state index contributed by atoms with van der Waals surface area (Å²) in [6, 6.07) is 1.08. The minimum Gasteiger partial charge on any atom is -0.461 e. The van der Waals surface area contributed by atoms with Crippen LogP contribution in [0.15, 0.2) is 11.3 Å². The number of carbonyl (C=O) groups excluding carboxylic acids is 1. The van der Waals surface area contributed by atoms with Gasteiger partial charge in [0, 0.05) is 24.4 Å². The van der Waals surface area contributed by atoms with Gasteiger partial charge in [0.2, 0.25) is 12.1 Å². The van der Waals surface area contributed by atoms with E-state index in [-0.39, 0.29) is 28.8 Å². The van der Waals surface area contributed by atoms with Gasteiger partial charge in [0.25, 0.3) is 0 Å². The first-order chi connectivity index (χ1) is 18.8. The smallest absolute Gasteiger partial charge is 0.218 e. The second kappa shape index (κ2) is 11.1. The van der Waals surface area contributed by atoms with E-state index in [9.17, 15) is 0 Å². The zero-order valence-corrected chi connectivity index (χ0v) is 28.2. The molecule has 2 bridgehead atoms. The molecule has 2 saturated carbocycles. The quantitative estimate of drug-likeness (QED) is 0.276. The minimum atomic E-state index is -1.84. The highest BCUT2D eigenvalue weighted by Crippen LogP contribution is 2.63. The lowest BCUT2D eigenvalue weighted by Crippen LogP contribution is -2.60. The number of morpholine rings is 1. The van der Waals surface area contributed by atoms with Gasteiger partial charge in [-0.25, -0.2) is 0 Å². The van der Waals surface area contributed by atoms with Gasteiger partial charge in [-0.15, -0.1) is 0 Å². The highest BCUT2D eigenvalue weighted by molar-refractivity contribution is 6.84. The Labute approximate surface area is 246 Å². The standard InChI is InChI=1S/C34H59NO4Si/c1-23(2)40(24(3)4,25(5)6)22-27-28-13-11-10-12-15-34(28,35-17-19-37-20-18-35)30(36)29(27)39-31-33(9)16-14-26(21-38-31)32(33,7)8/h23-26,28,31H,10-22H2,1-9H3/t26-,28-,31-,33+,34+/m1/s1. The van der Waals surface area contributed by atoms with E-state index in [1.807, 2.05) is 0 Å². The molecule has 2 saturated heterocycles. The third kappa shape index (κ3) is 4.43. The molecule has 228 valence electrons. The molecule has 6 heteroatoms. The lowest BCUT2D eigenvalue weighted by atomic mass is 9.64. The largest absolute Gasteiger partial charge is 0.461 e. The number of hydrogen-bond acceptors (Lipinski definition) is 5. The minimum absolute atomic E-state index is 0.0895. The second-order valence-electron chi connectivity index (χ2n) is 15.8. The molecular weight excluding hydrogens is 514 g/mol. The molecule has 40 heavy (non-hydrogen) atoms. The molecule has 2 aliphatic heterocycles. The van der Waals surface area contributed by atoms with Gasteiger partial charge in [-0.3, -0.25) is 9.69 Å². The van der Waals surface area contributed by atoms with Crippen LogP contribution in [0.1, 0.15) is 107 Å². The zero-order valence-electron chi connectivity index (χ0n) is 27.2. The van der Waals surface area contributed by atoms with Gasteiger partial charge in [-0.2, -0.15) is 0 Å². The van der Waals surface area contributed by atoms with Crippen molar-refractivity contribution >= 4 is 13.9 Å². The predicted octanol–water partition coefficient (Wildman–Crippen LogP) is 7.97. The highest BCUT2D eigenvalue weighted by Gasteiger charge is 2.64. The summed E-state index contributed by atoms with van der Waals surface area (Å²) < 4.78 is 19.5. The highest BCUT2D eigenvalue weighted by atomic mass is 28.3. The summed E-state index contributed by atoms with van der Waals surface area (Å²) in [4.78, 5) is 17.7. The maximum absolute atomic E-state index is 15.2. The van der Waals surface area contributed by atoms with Crippen LogP contribution < -0.4 is 0 Å². The van der Waals surface area contributed by atoms with Crippen molar-refractivity contribution in [2.75, 3.05) is 32.9 Å². The molecule has 0 unspecified atom stereocenters. The second-order valence-corrected chi connectivity index (χ2v) is 21.8. The topological polar surface area (TPSA) is 48.0 Å². The number of ketones is 1. The zero-order chi connectivity index (χ0) is 29.1. The summed E-state index contributed by atoms with van der Waals surface area (Å²) in [6.45, 7) is 25.8. The number of hydrogen-bond donors (Lipinski definition) is 0. The molecular formula is C34H59NO4Si. The number of Topliss-reactive ketones (excluding diaryl/α,β-unsaturated/α-hetero) is 1. The number of rotatable bonds is 8. The van der Waals surface area contributed by atoms with Crippen LogP contribution in [0.3, 0.4) is 0 Å². The molecule has 4 fully saturated rings. The molecule has 0 N–H and O–H groups in total. The Morgan fingerprint density at radius 3 is 2.20 bits per heavy atom. The van der Waals surface area contributed by atoms with Crippen molar-refractivity contribution < 1.29 is 19.0 Å². The maximum atomic E-state index is 15.2. The van der Waals surface area contributed by atoms with E-state index in [2.05, 4.69) is 67.2 Å². The average molecular weight is 574 g/mol. The van der Waals surface area contributed by atoms with Crippen LogP contribution in [0.4, 0.5) is 0 Å². The molecule has 0 spiro atoms. The van der Waals surface area contributed by atoms with Crippen molar-refractivity contribution in [3.8, 4) is 0 Å². The summed E-state index contributed by atoms with van der Waals surface area (Å²) in [5.41, 5.74) is 2.87. The number of nitrogens with zero attached hydrogens (tertiary/aromatic N) is 1. The van der Waals surface area contributed by atoms with Gasteiger partial charge in [0.1, 0.15) is 0 Å². The van der Waals surface area contributed by atoms with Gasteiger partial charge in [0.15, 0.2) is 5.76 Å². The first kappa shape index (κ1) is 30.8. The van der Waals surface area contributed by atoms with Crippen LogP contribution in [-0.2, 0) is 19.0 Å². The van der Waals surface area contributed by atoms with Crippen molar-refractivity contribution in [1.29, 1.82) is 0 Å². The van der Waals surface area contributed by atoms with Crippen molar-refractivity contribution in [3.05, 3.63) is 11.3 Å². The number of carbonyl (C=O) groups is 1. The Bertz CT molecular complexity index is 961. The fourth-order valence-electron chi connectivity index (χ4n) is 10.3. The molecule has 3 aliphatic carbocycles. The molecule has 0 amide bonds. The third-order valence-electron chi connectivity index (χ3n) is 13.4. The Kier molecular flexibility index (Phi) is 8.53. The summed E-state index contributed by atoms with van der Waals surface area (Å²) in [7, 11) is -1.84. The summed E-state index contributed by atoms with van der Waals surface area (Å²) in [6.07, 6.45) is 7.52. The van der Waals surface area contributed by atoms with Gasteiger partial charge in [-0.1, -0.05) is 98.2 Å². The van der Waals surface area contributed by atoms with Crippen LogP contribution in [-0.4, -0.2) is 63.5 Å². The van der Waals surface area contributed by atoms with Crippen molar-refractivity contribution in [3.63, 3.8) is 0 Å². The summed E-state index contributed by atoms with van der Waals surface area (Å²) in [5.74, 6) is 1.82. The van der Waals surface area contributed by atoms with Gasteiger partial charge in [-0.05, 0) is 48.6 Å². The van der Waals surface area contributed by atoms with Gasteiger partial charge >= 0.3 is 0 Å². The number of fused-ring (bicyclic) bond motifs is 3.